The largest absolute Gasteiger partial charge is 0.493 e. The van der Waals surface area contributed by atoms with Gasteiger partial charge in [0.05, 0.1) is 12.7 Å². The highest BCUT2D eigenvalue weighted by atomic mass is 35.5. The summed E-state index contributed by atoms with van der Waals surface area (Å²) in [5.74, 6) is 1.22. The van der Waals surface area contributed by atoms with Gasteiger partial charge in [-0.2, -0.15) is 0 Å². The molecule has 0 amide bonds. The molecule has 0 atom stereocenters. The number of piperidine rings is 1. The van der Waals surface area contributed by atoms with Crippen molar-refractivity contribution in [3.05, 3.63) is 23.8 Å². The van der Waals surface area contributed by atoms with E-state index in [1.807, 2.05) is 12.1 Å². The van der Waals surface area contributed by atoms with Gasteiger partial charge in [-0.05, 0) is 32.0 Å². The predicted molar refractivity (Wildman–Crippen MR) is 82.4 cm³/mol. The Labute approximate surface area is 126 Å². The lowest BCUT2D eigenvalue weighted by Gasteiger charge is -2.30. The van der Waals surface area contributed by atoms with Gasteiger partial charge in [0.2, 0.25) is 0 Å². The Morgan fingerprint density at radius 3 is 2.55 bits per heavy atom. The number of nitrogens with zero attached hydrogens (tertiary/aromatic N) is 1. The van der Waals surface area contributed by atoms with E-state index in [9.17, 15) is 0 Å². The molecule has 0 aliphatic carbocycles. The summed E-state index contributed by atoms with van der Waals surface area (Å²) >= 11 is 0. The van der Waals surface area contributed by atoms with Gasteiger partial charge in [0.25, 0.3) is 0 Å². The summed E-state index contributed by atoms with van der Waals surface area (Å²) in [6.07, 6.45) is 2.11. The van der Waals surface area contributed by atoms with Crippen molar-refractivity contribution in [2.45, 2.75) is 18.9 Å². The van der Waals surface area contributed by atoms with Crippen molar-refractivity contribution in [1.29, 1.82) is 5.41 Å². The molecule has 1 aromatic rings. The quantitative estimate of drug-likeness (QED) is 0.658. The normalized spacial score (nSPS) is 16.3. The fraction of sp³-hybridized carbons (Fsp3) is 0.500. The highest BCUT2D eigenvalue weighted by Gasteiger charge is 2.21. The second kappa shape index (κ2) is 7.36. The second-order valence-corrected chi connectivity index (χ2v) is 4.87. The number of nitrogens with two attached hydrogens (primary N) is 1. The number of halogens is 1. The summed E-state index contributed by atoms with van der Waals surface area (Å²) in [6.45, 7) is 2.05. The van der Waals surface area contributed by atoms with Crippen LogP contribution in [0.25, 0.3) is 0 Å². The van der Waals surface area contributed by atoms with Crippen LogP contribution in [-0.2, 0) is 0 Å². The van der Waals surface area contributed by atoms with Crippen LogP contribution in [0.1, 0.15) is 18.4 Å². The van der Waals surface area contributed by atoms with E-state index in [1.54, 1.807) is 13.2 Å². The van der Waals surface area contributed by atoms with Gasteiger partial charge >= 0.3 is 0 Å². The van der Waals surface area contributed by atoms with Crippen LogP contribution >= 0.6 is 12.4 Å². The number of methoxy groups -OCH3 is 1. The van der Waals surface area contributed by atoms with Crippen molar-refractivity contribution in [3.63, 3.8) is 0 Å². The van der Waals surface area contributed by atoms with Gasteiger partial charge in [-0.15, -0.1) is 12.4 Å². The Hall–Kier alpha value is -1.46. The maximum atomic E-state index is 7.63. The second-order valence-electron chi connectivity index (χ2n) is 4.87. The number of ether oxygens (including phenoxy) is 2. The Balaban J connectivity index is 0.00000200. The van der Waals surface area contributed by atoms with E-state index in [4.69, 9.17) is 20.6 Å². The first-order valence-corrected chi connectivity index (χ1v) is 6.48. The maximum absolute atomic E-state index is 7.63. The van der Waals surface area contributed by atoms with Crippen molar-refractivity contribution in [2.75, 3.05) is 27.2 Å². The first kappa shape index (κ1) is 16.6. The van der Waals surface area contributed by atoms with E-state index in [0.29, 0.717) is 17.1 Å². The van der Waals surface area contributed by atoms with E-state index >= 15 is 0 Å². The zero-order chi connectivity index (χ0) is 13.8. The summed E-state index contributed by atoms with van der Waals surface area (Å²) in [7, 11) is 3.71. The van der Waals surface area contributed by atoms with Crippen molar-refractivity contribution in [2.24, 2.45) is 5.73 Å². The minimum atomic E-state index is 0. The number of hydrogen-bond acceptors (Lipinski definition) is 4. The molecule has 20 heavy (non-hydrogen) atoms. The zero-order valence-electron chi connectivity index (χ0n) is 11.9. The molecule has 2 rings (SSSR count). The number of nitrogen functional groups attached to an aromatic ring is 1. The number of amidine groups is 1. The van der Waals surface area contributed by atoms with Gasteiger partial charge in [0.15, 0.2) is 11.5 Å². The molecule has 0 spiro atoms. The molecule has 0 unspecified atom stereocenters. The molecule has 0 aromatic heterocycles. The van der Waals surface area contributed by atoms with Gasteiger partial charge in [0.1, 0.15) is 11.9 Å². The van der Waals surface area contributed by atoms with Gasteiger partial charge < -0.3 is 20.1 Å². The number of nitrogens with one attached hydrogen (secondary N) is 1. The fourth-order valence-electron chi connectivity index (χ4n) is 2.28. The molecule has 1 aliphatic rings. The highest BCUT2D eigenvalue weighted by Crippen LogP contribution is 2.33. The summed E-state index contributed by atoms with van der Waals surface area (Å²) in [5, 5.41) is 7.63. The number of rotatable bonds is 4. The minimum Gasteiger partial charge on any atom is -0.493 e. The van der Waals surface area contributed by atoms with Crippen molar-refractivity contribution in [1.82, 2.24) is 4.90 Å². The van der Waals surface area contributed by atoms with E-state index in [0.717, 1.165) is 25.9 Å². The molecule has 1 aromatic carbocycles. The average Bonchev–Trinajstić information content (AvgIpc) is 2.41. The summed E-state index contributed by atoms with van der Waals surface area (Å²) in [4.78, 5) is 2.29. The van der Waals surface area contributed by atoms with Gasteiger partial charge in [0, 0.05) is 13.1 Å². The molecule has 112 valence electrons. The SMILES string of the molecule is COc1cccc(C(=N)N)c1OC1CCN(C)CC1.Cl. The maximum Gasteiger partial charge on any atom is 0.172 e. The zero-order valence-corrected chi connectivity index (χ0v) is 12.7. The van der Waals surface area contributed by atoms with Crippen LogP contribution in [0, 0.1) is 5.41 Å². The van der Waals surface area contributed by atoms with Crippen molar-refractivity contribution in [3.8, 4) is 11.5 Å². The summed E-state index contributed by atoms with van der Waals surface area (Å²) in [5.41, 5.74) is 6.20. The molecule has 6 heteroatoms. The topological polar surface area (TPSA) is 71.6 Å². The van der Waals surface area contributed by atoms with Gasteiger partial charge in [-0.1, -0.05) is 6.07 Å². The Morgan fingerprint density at radius 1 is 1.35 bits per heavy atom. The van der Waals surface area contributed by atoms with Crippen LogP contribution in [0.3, 0.4) is 0 Å². The van der Waals surface area contributed by atoms with E-state index < -0.39 is 0 Å². The third-order valence-corrected chi connectivity index (χ3v) is 3.44. The molecule has 1 aliphatic heterocycles. The van der Waals surface area contributed by atoms with Crippen LogP contribution in [-0.4, -0.2) is 44.1 Å². The molecular formula is C14H22ClN3O2. The lowest BCUT2D eigenvalue weighted by atomic mass is 10.1. The molecule has 0 radical (unpaired) electrons. The number of benzene rings is 1. The van der Waals surface area contributed by atoms with Crippen LogP contribution in [0.15, 0.2) is 18.2 Å². The third kappa shape index (κ3) is 3.77. The van der Waals surface area contributed by atoms with Gasteiger partial charge in [-0.3, -0.25) is 5.41 Å². The molecule has 3 N–H and O–H groups in total. The smallest absolute Gasteiger partial charge is 0.172 e. The molecular weight excluding hydrogens is 278 g/mol. The number of hydrogen-bond donors (Lipinski definition) is 2. The third-order valence-electron chi connectivity index (χ3n) is 3.44. The van der Waals surface area contributed by atoms with E-state index in [2.05, 4.69) is 11.9 Å². The van der Waals surface area contributed by atoms with Crippen LogP contribution in [0.4, 0.5) is 0 Å². The lowest BCUT2D eigenvalue weighted by molar-refractivity contribution is 0.111. The van der Waals surface area contributed by atoms with Crippen LogP contribution in [0.5, 0.6) is 11.5 Å². The first-order valence-electron chi connectivity index (χ1n) is 6.48. The van der Waals surface area contributed by atoms with Gasteiger partial charge in [-0.25, -0.2) is 0 Å². The molecule has 0 bridgehead atoms. The van der Waals surface area contributed by atoms with Crippen molar-refractivity contribution < 1.29 is 9.47 Å². The monoisotopic (exact) mass is 299 g/mol. The summed E-state index contributed by atoms with van der Waals surface area (Å²) in [6, 6.07) is 5.43. The first-order chi connectivity index (χ1) is 9.11. The van der Waals surface area contributed by atoms with E-state index in [1.165, 1.54) is 0 Å². The molecule has 1 heterocycles. The number of para-hydroxylation sites is 1. The Bertz CT molecular complexity index is 460. The average molecular weight is 300 g/mol. The Morgan fingerprint density at radius 2 is 2.00 bits per heavy atom. The van der Waals surface area contributed by atoms with Crippen LogP contribution in [0.2, 0.25) is 0 Å². The molecule has 5 nitrogen and oxygen atoms in total. The standard InChI is InChI=1S/C14H21N3O2.ClH/c1-17-8-6-10(7-9-17)19-13-11(14(15)16)4-3-5-12(13)18-2;/h3-5,10H,6-9H2,1-2H3,(H3,15,16);1H. The summed E-state index contributed by atoms with van der Waals surface area (Å²) < 4.78 is 11.4. The molecule has 1 saturated heterocycles. The van der Waals surface area contributed by atoms with E-state index in [-0.39, 0.29) is 24.3 Å². The van der Waals surface area contributed by atoms with Crippen molar-refractivity contribution >= 4 is 18.2 Å². The molecule has 0 saturated carbocycles. The Kier molecular flexibility index (Phi) is 6.10. The van der Waals surface area contributed by atoms with Crippen LogP contribution < -0.4 is 15.2 Å². The fourth-order valence-corrected chi connectivity index (χ4v) is 2.28. The predicted octanol–water partition coefficient (Wildman–Crippen LogP) is 1.87. The highest BCUT2D eigenvalue weighted by molar-refractivity contribution is 5.98. The number of likely N-dealkylation sites (tertiary alicyclic amines) is 1. The minimum absolute atomic E-state index is 0. The molecule has 1 fully saturated rings. The lowest BCUT2D eigenvalue weighted by Crippen LogP contribution is -2.36.